The number of imidazole rings is 1. The standard InChI is InChI=1S/C25H25N3O6/c1-14-6-5-11-27-15(2)19(26-23(14)27)21(29)18-20(28(12-13-33-3)24(31)22(18)30)16-7-9-17(10-8-16)25(32)34-4/h5-11,20,29H,12-13H2,1-4H3. The molecular formula is C25H25N3O6. The number of hydrogen-bond donors (Lipinski definition) is 1. The number of methoxy groups -OCH3 is 2. The zero-order valence-corrected chi connectivity index (χ0v) is 19.4. The molecule has 0 spiro atoms. The lowest BCUT2D eigenvalue weighted by Crippen LogP contribution is -2.32. The first-order chi connectivity index (χ1) is 16.3. The van der Waals surface area contributed by atoms with Gasteiger partial charge >= 0.3 is 5.97 Å². The smallest absolute Gasteiger partial charge is 0.337 e. The predicted octanol–water partition coefficient (Wildman–Crippen LogP) is 2.81. The lowest BCUT2D eigenvalue weighted by molar-refractivity contribution is -0.140. The van der Waals surface area contributed by atoms with Gasteiger partial charge in [-0.25, -0.2) is 9.78 Å². The molecule has 0 bridgehead atoms. The quantitative estimate of drug-likeness (QED) is 0.259. The van der Waals surface area contributed by atoms with Crippen LogP contribution in [-0.2, 0) is 19.1 Å². The summed E-state index contributed by atoms with van der Waals surface area (Å²) in [6.07, 6.45) is 1.82. The maximum Gasteiger partial charge on any atom is 0.337 e. The Bertz CT molecular complexity index is 1320. The number of Topliss-reactive ketones (excluding diaryl/α,β-unsaturated/α-hetero) is 1. The number of benzene rings is 1. The number of ketones is 1. The average Bonchev–Trinajstić information content (AvgIpc) is 3.32. The summed E-state index contributed by atoms with van der Waals surface area (Å²) in [5, 5.41) is 11.3. The van der Waals surface area contributed by atoms with Crippen LogP contribution in [-0.4, -0.2) is 64.4 Å². The average molecular weight is 463 g/mol. The van der Waals surface area contributed by atoms with E-state index in [1.165, 1.54) is 19.1 Å². The van der Waals surface area contributed by atoms with Gasteiger partial charge in [-0.1, -0.05) is 18.2 Å². The number of hydrogen-bond acceptors (Lipinski definition) is 7. The molecule has 1 aromatic carbocycles. The molecule has 1 atom stereocenters. The first kappa shape index (κ1) is 23.2. The van der Waals surface area contributed by atoms with Crippen molar-refractivity contribution in [3.63, 3.8) is 0 Å². The Labute approximate surface area is 196 Å². The Hall–Kier alpha value is -3.98. The number of aliphatic hydroxyl groups is 1. The van der Waals surface area contributed by atoms with Gasteiger partial charge in [0.1, 0.15) is 11.3 Å². The van der Waals surface area contributed by atoms with E-state index < -0.39 is 23.7 Å². The highest BCUT2D eigenvalue weighted by Gasteiger charge is 2.46. The number of nitrogens with zero attached hydrogens (tertiary/aromatic N) is 3. The van der Waals surface area contributed by atoms with Gasteiger partial charge in [0.2, 0.25) is 0 Å². The SMILES string of the molecule is COCCN1C(=O)C(=O)C(=C(O)c2nc3c(C)cccn3c2C)C1c1ccc(C(=O)OC)cc1. The van der Waals surface area contributed by atoms with Crippen molar-refractivity contribution < 1.29 is 29.0 Å². The Balaban J connectivity index is 1.89. The number of aromatic nitrogens is 2. The summed E-state index contributed by atoms with van der Waals surface area (Å²) in [6.45, 7) is 4.04. The van der Waals surface area contributed by atoms with Gasteiger partial charge in [-0.15, -0.1) is 0 Å². The van der Waals surface area contributed by atoms with Gasteiger partial charge in [0.25, 0.3) is 11.7 Å². The Kier molecular flexibility index (Phi) is 6.21. The summed E-state index contributed by atoms with van der Waals surface area (Å²) in [5.41, 5.74) is 3.24. The molecule has 1 aliphatic rings. The van der Waals surface area contributed by atoms with Crippen LogP contribution in [0.15, 0.2) is 48.2 Å². The van der Waals surface area contributed by atoms with Crippen molar-refractivity contribution >= 4 is 29.1 Å². The fourth-order valence-electron chi connectivity index (χ4n) is 4.24. The molecule has 9 heteroatoms. The summed E-state index contributed by atoms with van der Waals surface area (Å²) >= 11 is 0. The second-order valence-electron chi connectivity index (χ2n) is 8.03. The molecule has 1 amide bonds. The molecule has 1 aliphatic heterocycles. The fourth-order valence-corrected chi connectivity index (χ4v) is 4.24. The number of aryl methyl sites for hydroxylation is 2. The number of fused-ring (bicyclic) bond motifs is 1. The summed E-state index contributed by atoms with van der Waals surface area (Å²) in [4.78, 5) is 43.9. The van der Waals surface area contributed by atoms with E-state index >= 15 is 0 Å². The number of pyridine rings is 1. The van der Waals surface area contributed by atoms with Crippen LogP contribution >= 0.6 is 0 Å². The van der Waals surface area contributed by atoms with Crippen LogP contribution in [0, 0.1) is 13.8 Å². The van der Waals surface area contributed by atoms with Crippen molar-refractivity contribution in [1.29, 1.82) is 0 Å². The highest BCUT2D eigenvalue weighted by atomic mass is 16.5. The summed E-state index contributed by atoms with van der Waals surface area (Å²) in [7, 11) is 2.79. The second-order valence-corrected chi connectivity index (χ2v) is 8.03. The maximum absolute atomic E-state index is 13.1. The molecular weight excluding hydrogens is 438 g/mol. The van der Waals surface area contributed by atoms with Crippen LogP contribution in [0.4, 0.5) is 0 Å². The minimum Gasteiger partial charge on any atom is -0.505 e. The lowest BCUT2D eigenvalue weighted by atomic mass is 9.95. The Morgan fingerprint density at radius 3 is 2.44 bits per heavy atom. The largest absolute Gasteiger partial charge is 0.505 e. The van der Waals surface area contributed by atoms with Gasteiger partial charge in [-0.05, 0) is 43.2 Å². The van der Waals surface area contributed by atoms with Crippen molar-refractivity contribution in [3.8, 4) is 0 Å². The molecule has 3 aromatic rings. The molecule has 1 N–H and O–H groups in total. The minimum atomic E-state index is -0.868. The highest BCUT2D eigenvalue weighted by molar-refractivity contribution is 6.46. The molecule has 1 saturated heterocycles. The van der Waals surface area contributed by atoms with E-state index in [0.29, 0.717) is 22.5 Å². The normalized spacial score (nSPS) is 17.5. The van der Waals surface area contributed by atoms with Crippen LogP contribution in [0.2, 0.25) is 0 Å². The number of ether oxygens (including phenoxy) is 2. The molecule has 0 aliphatic carbocycles. The van der Waals surface area contributed by atoms with E-state index in [0.717, 1.165) is 5.56 Å². The van der Waals surface area contributed by atoms with Crippen molar-refractivity contribution in [2.75, 3.05) is 27.4 Å². The number of esters is 1. The van der Waals surface area contributed by atoms with Crippen LogP contribution in [0.25, 0.3) is 11.4 Å². The summed E-state index contributed by atoms with van der Waals surface area (Å²) in [5.74, 6) is -2.39. The van der Waals surface area contributed by atoms with E-state index in [4.69, 9.17) is 9.47 Å². The third kappa shape index (κ3) is 3.73. The zero-order valence-electron chi connectivity index (χ0n) is 19.4. The van der Waals surface area contributed by atoms with Crippen LogP contribution in [0.5, 0.6) is 0 Å². The second kappa shape index (κ2) is 9.11. The van der Waals surface area contributed by atoms with Crippen molar-refractivity contribution in [2.45, 2.75) is 19.9 Å². The van der Waals surface area contributed by atoms with Gasteiger partial charge in [0.05, 0.1) is 36.6 Å². The van der Waals surface area contributed by atoms with E-state index in [1.807, 2.05) is 29.7 Å². The van der Waals surface area contributed by atoms with Gasteiger partial charge in [-0.3, -0.25) is 9.59 Å². The lowest BCUT2D eigenvalue weighted by Gasteiger charge is -2.25. The zero-order chi connectivity index (χ0) is 24.6. The summed E-state index contributed by atoms with van der Waals surface area (Å²) in [6, 6.07) is 9.28. The molecule has 1 unspecified atom stereocenters. The van der Waals surface area contributed by atoms with Crippen molar-refractivity contribution in [3.05, 3.63) is 76.2 Å². The molecule has 9 nitrogen and oxygen atoms in total. The first-order valence-electron chi connectivity index (χ1n) is 10.7. The number of likely N-dealkylation sites (tertiary alicyclic amines) is 1. The van der Waals surface area contributed by atoms with Crippen molar-refractivity contribution in [1.82, 2.24) is 14.3 Å². The van der Waals surface area contributed by atoms with Gasteiger partial charge in [0, 0.05) is 19.9 Å². The third-order valence-corrected chi connectivity index (χ3v) is 6.03. The number of amides is 1. The summed E-state index contributed by atoms with van der Waals surface area (Å²) < 4.78 is 11.7. The highest BCUT2D eigenvalue weighted by Crippen LogP contribution is 2.39. The third-order valence-electron chi connectivity index (χ3n) is 6.03. The topological polar surface area (TPSA) is 110 Å². The number of rotatable bonds is 6. The molecule has 4 rings (SSSR count). The van der Waals surface area contributed by atoms with Crippen molar-refractivity contribution in [2.24, 2.45) is 0 Å². The maximum atomic E-state index is 13.1. The van der Waals surface area contributed by atoms with E-state index in [2.05, 4.69) is 4.98 Å². The molecule has 176 valence electrons. The van der Waals surface area contributed by atoms with Crippen LogP contribution in [0.3, 0.4) is 0 Å². The molecule has 0 saturated carbocycles. The number of carbonyl (C=O) groups excluding carboxylic acids is 3. The number of carbonyl (C=O) groups is 3. The van der Waals surface area contributed by atoms with E-state index in [9.17, 15) is 19.5 Å². The fraction of sp³-hybridized carbons (Fsp3) is 0.280. The minimum absolute atomic E-state index is 0.0592. The first-order valence-corrected chi connectivity index (χ1v) is 10.7. The van der Waals surface area contributed by atoms with Crippen LogP contribution in [0.1, 0.15) is 38.9 Å². The van der Waals surface area contributed by atoms with E-state index in [1.54, 1.807) is 31.2 Å². The number of aliphatic hydroxyl groups excluding tert-OH is 1. The van der Waals surface area contributed by atoms with Gasteiger partial charge in [0.15, 0.2) is 5.76 Å². The van der Waals surface area contributed by atoms with Crippen LogP contribution < -0.4 is 0 Å². The van der Waals surface area contributed by atoms with E-state index in [-0.39, 0.29) is 30.2 Å². The molecule has 0 radical (unpaired) electrons. The molecule has 34 heavy (non-hydrogen) atoms. The predicted molar refractivity (Wildman–Crippen MR) is 123 cm³/mol. The molecule has 2 aromatic heterocycles. The molecule has 1 fully saturated rings. The monoisotopic (exact) mass is 463 g/mol. The molecule has 3 heterocycles. The van der Waals surface area contributed by atoms with Gasteiger partial charge in [-0.2, -0.15) is 0 Å². The van der Waals surface area contributed by atoms with Gasteiger partial charge < -0.3 is 23.9 Å². The Morgan fingerprint density at radius 2 is 1.82 bits per heavy atom. The Morgan fingerprint density at radius 1 is 1.12 bits per heavy atom.